The summed E-state index contributed by atoms with van der Waals surface area (Å²) in [6, 6.07) is 10.1. The number of hydrogen-bond acceptors (Lipinski definition) is 7. The summed E-state index contributed by atoms with van der Waals surface area (Å²) < 4.78 is 13.0. The molecule has 0 radical (unpaired) electrons. The highest BCUT2D eigenvalue weighted by molar-refractivity contribution is 7.09. The lowest BCUT2D eigenvalue weighted by molar-refractivity contribution is 0.281. The van der Waals surface area contributed by atoms with Crippen LogP contribution < -0.4 is 11.1 Å². The summed E-state index contributed by atoms with van der Waals surface area (Å²) in [6.07, 6.45) is 1.84. The van der Waals surface area contributed by atoms with Gasteiger partial charge >= 0.3 is 0 Å². The molecule has 0 fully saturated rings. The van der Waals surface area contributed by atoms with Crippen LogP contribution in [0.5, 0.6) is 0 Å². The van der Waals surface area contributed by atoms with Crippen molar-refractivity contribution < 1.29 is 4.39 Å². The summed E-state index contributed by atoms with van der Waals surface area (Å²) >= 11 is 1.70. The van der Waals surface area contributed by atoms with E-state index in [1.807, 2.05) is 17.5 Å². The monoisotopic (exact) mass is 370 g/mol. The Morgan fingerprint density at radius 1 is 1.15 bits per heavy atom. The van der Waals surface area contributed by atoms with Gasteiger partial charge in [0.05, 0.1) is 6.54 Å². The van der Waals surface area contributed by atoms with Crippen LogP contribution in [0, 0.1) is 5.82 Å². The van der Waals surface area contributed by atoms with E-state index in [0.29, 0.717) is 30.5 Å². The van der Waals surface area contributed by atoms with Gasteiger partial charge in [0.25, 0.3) is 0 Å². The topological polar surface area (TPSA) is 80.0 Å². The van der Waals surface area contributed by atoms with E-state index in [0.717, 1.165) is 6.54 Å². The van der Waals surface area contributed by atoms with E-state index in [1.165, 1.54) is 17.0 Å². The van der Waals surface area contributed by atoms with Crippen LogP contribution in [0.25, 0.3) is 0 Å². The lowest BCUT2D eigenvalue weighted by atomic mass is 10.3. The van der Waals surface area contributed by atoms with Gasteiger partial charge in [-0.25, -0.2) is 4.39 Å². The van der Waals surface area contributed by atoms with E-state index in [-0.39, 0.29) is 11.8 Å². The van der Waals surface area contributed by atoms with Crippen molar-refractivity contribution >= 4 is 28.9 Å². The molecule has 0 atom stereocenters. The maximum Gasteiger partial charge on any atom is 0.232 e. The van der Waals surface area contributed by atoms with Gasteiger partial charge in [-0.15, -0.1) is 17.9 Å². The zero-order valence-electron chi connectivity index (χ0n) is 14.1. The molecule has 134 valence electrons. The number of benzene rings is 1. The second-order valence-electron chi connectivity index (χ2n) is 5.60. The Bertz CT molecular complexity index is 851. The second-order valence-corrected chi connectivity index (χ2v) is 6.64. The Kier molecular flexibility index (Phi) is 5.88. The van der Waals surface area contributed by atoms with Gasteiger partial charge in [-0.2, -0.15) is 15.0 Å². The van der Waals surface area contributed by atoms with Gasteiger partial charge in [0, 0.05) is 23.7 Å². The minimum atomic E-state index is -0.306. The molecule has 0 aliphatic carbocycles. The SMILES string of the molecule is C=CCN(Cc1nc(N)nc(Nc2ccc(F)cc2)n1)Cc1cccs1. The molecule has 6 nitrogen and oxygen atoms in total. The van der Waals surface area contributed by atoms with Gasteiger partial charge in [0.15, 0.2) is 0 Å². The lowest BCUT2D eigenvalue weighted by Crippen LogP contribution is -2.24. The van der Waals surface area contributed by atoms with Crippen LogP contribution in [0.4, 0.5) is 22.0 Å². The van der Waals surface area contributed by atoms with E-state index in [2.05, 4.69) is 37.8 Å². The number of aromatic nitrogens is 3. The number of nitrogens with zero attached hydrogens (tertiary/aromatic N) is 4. The van der Waals surface area contributed by atoms with Crippen molar-refractivity contribution in [2.75, 3.05) is 17.6 Å². The number of nitrogens with two attached hydrogens (primary N) is 1. The van der Waals surface area contributed by atoms with Gasteiger partial charge in [0.1, 0.15) is 11.6 Å². The van der Waals surface area contributed by atoms with Gasteiger partial charge in [-0.3, -0.25) is 4.90 Å². The van der Waals surface area contributed by atoms with E-state index in [9.17, 15) is 4.39 Å². The minimum absolute atomic E-state index is 0.134. The summed E-state index contributed by atoms with van der Waals surface area (Å²) in [5, 5.41) is 5.07. The molecule has 0 saturated heterocycles. The molecule has 0 unspecified atom stereocenters. The predicted octanol–water partition coefficient (Wildman–Crippen LogP) is 3.59. The second kappa shape index (κ2) is 8.50. The highest BCUT2D eigenvalue weighted by atomic mass is 32.1. The normalized spacial score (nSPS) is 10.8. The molecule has 0 saturated carbocycles. The summed E-state index contributed by atoms with van der Waals surface area (Å²) in [5.41, 5.74) is 6.49. The molecule has 2 aromatic heterocycles. The van der Waals surface area contributed by atoms with Crippen molar-refractivity contribution in [3.8, 4) is 0 Å². The maximum absolute atomic E-state index is 13.0. The van der Waals surface area contributed by atoms with Crippen LogP contribution in [0.1, 0.15) is 10.7 Å². The van der Waals surface area contributed by atoms with Crippen molar-refractivity contribution in [2.45, 2.75) is 13.1 Å². The van der Waals surface area contributed by atoms with Crippen LogP contribution >= 0.6 is 11.3 Å². The summed E-state index contributed by atoms with van der Waals surface area (Å²) in [6.45, 7) is 5.79. The van der Waals surface area contributed by atoms with Crippen LogP contribution in [0.2, 0.25) is 0 Å². The minimum Gasteiger partial charge on any atom is -0.368 e. The van der Waals surface area contributed by atoms with Crippen LogP contribution in [0.3, 0.4) is 0 Å². The fraction of sp³-hybridized carbons (Fsp3) is 0.167. The smallest absolute Gasteiger partial charge is 0.232 e. The number of nitrogen functional groups attached to an aromatic ring is 1. The average Bonchev–Trinajstić information content (AvgIpc) is 3.10. The summed E-state index contributed by atoms with van der Waals surface area (Å²) in [4.78, 5) is 16.2. The fourth-order valence-electron chi connectivity index (χ4n) is 2.42. The molecule has 0 amide bonds. The first-order valence-corrected chi connectivity index (χ1v) is 8.89. The number of nitrogens with one attached hydrogen (secondary N) is 1. The third-order valence-corrected chi connectivity index (χ3v) is 4.37. The molecule has 2 heterocycles. The number of anilines is 3. The van der Waals surface area contributed by atoms with E-state index in [1.54, 1.807) is 23.5 Å². The van der Waals surface area contributed by atoms with Gasteiger partial charge in [-0.1, -0.05) is 12.1 Å². The van der Waals surface area contributed by atoms with Crippen LogP contribution in [-0.4, -0.2) is 26.4 Å². The zero-order chi connectivity index (χ0) is 18.4. The zero-order valence-corrected chi connectivity index (χ0v) is 14.9. The average molecular weight is 370 g/mol. The molecule has 3 N–H and O–H groups in total. The van der Waals surface area contributed by atoms with Crippen molar-refractivity contribution in [3.63, 3.8) is 0 Å². The highest BCUT2D eigenvalue weighted by Crippen LogP contribution is 2.16. The van der Waals surface area contributed by atoms with E-state index >= 15 is 0 Å². The van der Waals surface area contributed by atoms with Crippen molar-refractivity contribution in [1.29, 1.82) is 0 Å². The Hall–Kier alpha value is -2.84. The highest BCUT2D eigenvalue weighted by Gasteiger charge is 2.11. The van der Waals surface area contributed by atoms with Crippen molar-refractivity contribution in [1.82, 2.24) is 19.9 Å². The maximum atomic E-state index is 13.0. The molecule has 26 heavy (non-hydrogen) atoms. The summed E-state index contributed by atoms with van der Waals surface area (Å²) in [5.74, 6) is 0.712. The first kappa shape index (κ1) is 18.0. The third kappa shape index (κ3) is 5.08. The molecule has 3 rings (SSSR count). The van der Waals surface area contributed by atoms with E-state index in [4.69, 9.17) is 5.73 Å². The Morgan fingerprint density at radius 3 is 2.65 bits per heavy atom. The van der Waals surface area contributed by atoms with Gasteiger partial charge < -0.3 is 11.1 Å². The van der Waals surface area contributed by atoms with Gasteiger partial charge in [0.2, 0.25) is 11.9 Å². The molecule has 8 heteroatoms. The first-order valence-electron chi connectivity index (χ1n) is 8.01. The molecule has 0 aliphatic rings. The number of hydrogen-bond donors (Lipinski definition) is 2. The number of halogens is 1. The molecule has 1 aromatic carbocycles. The molecule has 0 spiro atoms. The Labute approximate surface area is 155 Å². The fourth-order valence-corrected chi connectivity index (χ4v) is 3.16. The standard InChI is InChI=1S/C18H19FN6S/c1-2-9-25(11-15-4-3-10-26-15)12-16-22-17(20)24-18(23-16)21-14-7-5-13(19)6-8-14/h2-8,10H,1,9,11-12H2,(H3,20,21,22,23,24). The van der Waals surface area contributed by atoms with Gasteiger partial charge in [-0.05, 0) is 35.7 Å². The predicted molar refractivity (Wildman–Crippen MR) is 103 cm³/mol. The molecule has 0 aliphatic heterocycles. The summed E-state index contributed by atoms with van der Waals surface area (Å²) in [7, 11) is 0. The number of rotatable bonds is 8. The Morgan fingerprint density at radius 2 is 1.96 bits per heavy atom. The molecule has 0 bridgehead atoms. The molecular formula is C18H19FN6S. The largest absolute Gasteiger partial charge is 0.368 e. The van der Waals surface area contributed by atoms with E-state index < -0.39 is 0 Å². The Balaban J connectivity index is 1.74. The van der Waals surface area contributed by atoms with Crippen molar-refractivity contribution in [2.24, 2.45) is 0 Å². The van der Waals surface area contributed by atoms with Crippen molar-refractivity contribution in [3.05, 3.63) is 71.0 Å². The van der Waals surface area contributed by atoms with Crippen LogP contribution in [0.15, 0.2) is 54.4 Å². The third-order valence-electron chi connectivity index (χ3n) is 3.51. The molecule has 3 aromatic rings. The quantitative estimate of drug-likeness (QED) is 0.590. The number of thiophene rings is 1. The first-order chi connectivity index (χ1) is 12.6. The van der Waals surface area contributed by atoms with Crippen LogP contribution in [-0.2, 0) is 13.1 Å². The lowest BCUT2D eigenvalue weighted by Gasteiger charge is -2.19. The molecular weight excluding hydrogens is 351 g/mol.